The molecule has 0 saturated heterocycles. The molecule has 0 aliphatic carbocycles. The Labute approximate surface area is 129 Å². The molecule has 0 saturated carbocycles. The zero-order valence-electron chi connectivity index (χ0n) is 12.3. The van der Waals surface area contributed by atoms with Crippen LogP contribution in [0.3, 0.4) is 0 Å². The minimum Gasteiger partial charge on any atom is -0.497 e. The fourth-order valence-electron chi connectivity index (χ4n) is 2.53. The summed E-state index contributed by atoms with van der Waals surface area (Å²) in [6.07, 6.45) is -0.734. The molecule has 5 heteroatoms. The van der Waals surface area contributed by atoms with E-state index in [-0.39, 0.29) is 12.5 Å². The Hall–Kier alpha value is -2.53. The van der Waals surface area contributed by atoms with Crippen LogP contribution in [0.25, 0.3) is 0 Å². The predicted molar refractivity (Wildman–Crippen MR) is 83.9 cm³/mol. The molecule has 0 radical (unpaired) electrons. The summed E-state index contributed by atoms with van der Waals surface area (Å²) >= 11 is 0. The first kappa shape index (κ1) is 14.4. The van der Waals surface area contributed by atoms with Crippen LogP contribution in [0.4, 0.5) is 5.69 Å². The number of aliphatic hydroxyl groups is 1. The summed E-state index contributed by atoms with van der Waals surface area (Å²) in [5.74, 6) is 0.669. The van der Waals surface area contributed by atoms with Crippen LogP contribution in [-0.4, -0.2) is 36.2 Å². The van der Waals surface area contributed by atoms with E-state index in [0.29, 0.717) is 12.2 Å². The number of hydrogen-bond donors (Lipinski definition) is 2. The first-order valence-corrected chi connectivity index (χ1v) is 7.13. The lowest BCUT2D eigenvalue weighted by Gasteiger charge is -2.31. The molecule has 1 atom stereocenters. The first-order chi connectivity index (χ1) is 10.7. The summed E-state index contributed by atoms with van der Waals surface area (Å²) in [6, 6.07) is 14.6. The maximum Gasteiger partial charge on any atom is 0.257 e. The second kappa shape index (κ2) is 6.07. The van der Waals surface area contributed by atoms with Gasteiger partial charge in [-0.1, -0.05) is 24.3 Å². The summed E-state index contributed by atoms with van der Waals surface area (Å²) in [5, 5.41) is 13.5. The van der Waals surface area contributed by atoms with Gasteiger partial charge in [0.15, 0.2) is 0 Å². The molecule has 1 heterocycles. The van der Waals surface area contributed by atoms with Gasteiger partial charge in [0.25, 0.3) is 5.91 Å². The number of para-hydroxylation sites is 1. The van der Waals surface area contributed by atoms with E-state index in [4.69, 9.17) is 4.74 Å². The summed E-state index contributed by atoms with van der Waals surface area (Å²) in [5.41, 5.74) is 2.23. The SMILES string of the molecule is COc1ccc(C(O)CN2CNc3ccccc3C2=O)cc1. The quantitative estimate of drug-likeness (QED) is 0.909. The van der Waals surface area contributed by atoms with Crippen molar-refractivity contribution in [1.82, 2.24) is 4.90 Å². The number of nitrogens with one attached hydrogen (secondary N) is 1. The molecule has 0 aromatic heterocycles. The Kier molecular flexibility index (Phi) is 3.98. The topological polar surface area (TPSA) is 61.8 Å². The Balaban J connectivity index is 1.72. The number of carbonyl (C=O) groups is 1. The summed E-state index contributed by atoms with van der Waals surface area (Å²) in [7, 11) is 1.60. The van der Waals surface area contributed by atoms with Gasteiger partial charge in [-0.05, 0) is 29.8 Å². The fourth-order valence-corrected chi connectivity index (χ4v) is 2.53. The highest BCUT2D eigenvalue weighted by atomic mass is 16.5. The molecule has 2 aromatic carbocycles. The van der Waals surface area contributed by atoms with E-state index >= 15 is 0 Å². The minimum atomic E-state index is -0.734. The van der Waals surface area contributed by atoms with E-state index in [1.807, 2.05) is 18.2 Å². The minimum absolute atomic E-state index is 0.0677. The van der Waals surface area contributed by atoms with Crippen LogP contribution >= 0.6 is 0 Å². The first-order valence-electron chi connectivity index (χ1n) is 7.13. The normalized spacial score (nSPS) is 15.0. The van der Waals surface area contributed by atoms with Gasteiger partial charge in [0, 0.05) is 5.69 Å². The van der Waals surface area contributed by atoms with Gasteiger partial charge in [-0.25, -0.2) is 0 Å². The molecule has 0 fully saturated rings. The van der Waals surface area contributed by atoms with Gasteiger partial charge in [0.2, 0.25) is 0 Å². The molecule has 1 aliphatic heterocycles. The third kappa shape index (κ3) is 2.76. The maximum absolute atomic E-state index is 12.4. The van der Waals surface area contributed by atoms with Gasteiger partial charge in [0.05, 0.1) is 32.0 Å². The van der Waals surface area contributed by atoms with Crippen molar-refractivity contribution in [3.05, 3.63) is 59.7 Å². The number of aliphatic hydroxyl groups excluding tert-OH is 1. The fraction of sp³-hybridized carbons (Fsp3) is 0.235. The molecule has 22 heavy (non-hydrogen) atoms. The van der Waals surface area contributed by atoms with E-state index < -0.39 is 6.10 Å². The van der Waals surface area contributed by atoms with Crippen molar-refractivity contribution in [3.63, 3.8) is 0 Å². The number of methoxy groups -OCH3 is 1. The maximum atomic E-state index is 12.4. The molecule has 1 amide bonds. The van der Waals surface area contributed by atoms with E-state index in [1.165, 1.54) is 0 Å². The summed E-state index contributed by atoms with van der Waals surface area (Å²) in [6.45, 7) is 0.634. The number of ether oxygens (including phenoxy) is 1. The van der Waals surface area contributed by atoms with Crippen LogP contribution in [0.2, 0.25) is 0 Å². The Morgan fingerprint density at radius 1 is 1.23 bits per heavy atom. The Bertz CT molecular complexity index is 670. The van der Waals surface area contributed by atoms with E-state index in [2.05, 4.69) is 5.32 Å². The third-order valence-corrected chi connectivity index (χ3v) is 3.80. The Morgan fingerprint density at radius 3 is 2.68 bits per heavy atom. The van der Waals surface area contributed by atoms with Gasteiger partial charge >= 0.3 is 0 Å². The summed E-state index contributed by atoms with van der Waals surface area (Å²) < 4.78 is 5.10. The second-order valence-corrected chi connectivity index (χ2v) is 5.20. The van der Waals surface area contributed by atoms with Crippen LogP contribution in [-0.2, 0) is 0 Å². The molecule has 1 unspecified atom stereocenters. The van der Waals surface area contributed by atoms with Gasteiger partial charge in [-0.15, -0.1) is 0 Å². The van der Waals surface area contributed by atoms with Crippen LogP contribution < -0.4 is 10.1 Å². The van der Waals surface area contributed by atoms with Gasteiger partial charge < -0.3 is 20.1 Å². The number of anilines is 1. The summed E-state index contributed by atoms with van der Waals surface area (Å²) in [4.78, 5) is 14.0. The number of benzene rings is 2. The highest BCUT2D eigenvalue weighted by Crippen LogP contribution is 2.24. The van der Waals surface area contributed by atoms with E-state index in [0.717, 1.165) is 17.0 Å². The van der Waals surface area contributed by atoms with Gasteiger partial charge in [-0.3, -0.25) is 4.79 Å². The molecule has 1 aliphatic rings. The van der Waals surface area contributed by atoms with Crippen molar-refractivity contribution in [2.75, 3.05) is 25.6 Å². The number of amides is 1. The van der Waals surface area contributed by atoms with E-state index in [1.54, 1.807) is 42.3 Å². The number of carbonyl (C=O) groups excluding carboxylic acids is 1. The van der Waals surface area contributed by atoms with E-state index in [9.17, 15) is 9.90 Å². The van der Waals surface area contributed by atoms with Gasteiger partial charge in [-0.2, -0.15) is 0 Å². The van der Waals surface area contributed by atoms with Crippen molar-refractivity contribution < 1.29 is 14.6 Å². The smallest absolute Gasteiger partial charge is 0.257 e. The lowest BCUT2D eigenvalue weighted by atomic mass is 10.1. The van der Waals surface area contributed by atoms with Crippen LogP contribution in [0.15, 0.2) is 48.5 Å². The van der Waals surface area contributed by atoms with Crippen molar-refractivity contribution >= 4 is 11.6 Å². The number of rotatable bonds is 4. The molecule has 114 valence electrons. The molecule has 2 N–H and O–H groups in total. The van der Waals surface area contributed by atoms with Crippen LogP contribution in [0.1, 0.15) is 22.0 Å². The average molecular weight is 298 g/mol. The second-order valence-electron chi connectivity index (χ2n) is 5.20. The average Bonchev–Trinajstić information content (AvgIpc) is 2.57. The number of fused-ring (bicyclic) bond motifs is 1. The molecule has 3 rings (SSSR count). The lowest BCUT2D eigenvalue weighted by Crippen LogP contribution is -2.42. The third-order valence-electron chi connectivity index (χ3n) is 3.80. The van der Waals surface area contributed by atoms with Crippen molar-refractivity contribution in [1.29, 1.82) is 0 Å². The molecule has 2 aromatic rings. The zero-order valence-corrected chi connectivity index (χ0v) is 12.3. The molecule has 0 bridgehead atoms. The van der Waals surface area contributed by atoms with Crippen molar-refractivity contribution in [3.8, 4) is 5.75 Å². The molecule has 0 spiro atoms. The molecule has 5 nitrogen and oxygen atoms in total. The number of nitrogens with zero attached hydrogens (tertiary/aromatic N) is 1. The zero-order chi connectivity index (χ0) is 15.5. The highest BCUT2D eigenvalue weighted by Gasteiger charge is 2.25. The van der Waals surface area contributed by atoms with Crippen LogP contribution in [0, 0.1) is 0 Å². The van der Waals surface area contributed by atoms with Crippen LogP contribution in [0.5, 0.6) is 5.75 Å². The molecular formula is C17H18N2O3. The number of β-amino-alcohol motifs (C(OH)–C–C–N with tert-alkyl or cyclic N) is 1. The monoisotopic (exact) mass is 298 g/mol. The molecular weight excluding hydrogens is 280 g/mol. The Morgan fingerprint density at radius 2 is 1.95 bits per heavy atom. The van der Waals surface area contributed by atoms with Crippen molar-refractivity contribution in [2.24, 2.45) is 0 Å². The van der Waals surface area contributed by atoms with Gasteiger partial charge in [0.1, 0.15) is 5.75 Å². The lowest BCUT2D eigenvalue weighted by molar-refractivity contribution is 0.0628. The highest BCUT2D eigenvalue weighted by molar-refractivity contribution is 6.01. The largest absolute Gasteiger partial charge is 0.497 e. The standard InChI is InChI=1S/C17H18N2O3/c1-22-13-8-6-12(7-9-13)16(20)10-19-11-18-15-5-3-2-4-14(15)17(19)21/h2-9,16,18,20H,10-11H2,1H3. The predicted octanol–water partition coefficient (Wildman–Crippen LogP) is 2.25. The number of hydrogen-bond acceptors (Lipinski definition) is 4. The van der Waals surface area contributed by atoms with Crippen molar-refractivity contribution in [2.45, 2.75) is 6.10 Å².